The second-order valence-corrected chi connectivity index (χ2v) is 7.37. The second-order valence-electron chi connectivity index (χ2n) is 6.42. The molecule has 0 spiro atoms. The van der Waals surface area contributed by atoms with Gasteiger partial charge in [0.15, 0.2) is 11.0 Å². The van der Waals surface area contributed by atoms with Crippen molar-refractivity contribution in [3.63, 3.8) is 0 Å². The molecule has 6 nitrogen and oxygen atoms in total. The lowest BCUT2D eigenvalue weighted by Gasteiger charge is -2.10. The van der Waals surface area contributed by atoms with E-state index in [-0.39, 0.29) is 24.0 Å². The van der Waals surface area contributed by atoms with Gasteiger partial charge in [0.25, 0.3) is 0 Å². The molecule has 30 heavy (non-hydrogen) atoms. The summed E-state index contributed by atoms with van der Waals surface area (Å²) in [5.74, 6) is 0.461. The topological polar surface area (TPSA) is 69.0 Å². The van der Waals surface area contributed by atoms with E-state index in [9.17, 15) is 18.0 Å². The fourth-order valence-electron chi connectivity index (χ4n) is 2.54. The zero-order valence-corrected chi connectivity index (χ0v) is 17.0. The predicted octanol–water partition coefficient (Wildman–Crippen LogP) is 4.45. The summed E-state index contributed by atoms with van der Waals surface area (Å²) in [6.45, 7) is 1.85. The first-order valence-electron chi connectivity index (χ1n) is 8.90. The molecule has 158 valence electrons. The molecular formula is C20H19F3N4O2S. The molecule has 0 bridgehead atoms. The van der Waals surface area contributed by atoms with Gasteiger partial charge in [-0.15, -0.1) is 10.2 Å². The Kier molecular flexibility index (Phi) is 6.66. The van der Waals surface area contributed by atoms with E-state index >= 15 is 0 Å². The first-order chi connectivity index (χ1) is 14.2. The smallest absolute Gasteiger partial charge is 0.416 e. The maximum Gasteiger partial charge on any atom is 0.416 e. The van der Waals surface area contributed by atoms with Gasteiger partial charge in [0, 0.05) is 12.7 Å². The van der Waals surface area contributed by atoms with E-state index < -0.39 is 11.7 Å². The molecule has 0 unspecified atom stereocenters. The Balaban J connectivity index is 1.56. The van der Waals surface area contributed by atoms with Crippen molar-refractivity contribution in [3.8, 4) is 5.75 Å². The van der Waals surface area contributed by atoms with Gasteiger partial charge in [-0.05, 0) is 36.8 Å². The third-order valence-electron chi connectivity index (χ3n) is 4.21. The van der Waals surface area contributed by atoms with Crippen molar-refractivity contribution in [1.29, 1.82) is 0 Å². The molecule has 3 rings (SSSR count). The summed E-state index contributed by atoms with van der Waals surface area (Å²) in [7, 11) is 1.70. The molecule has 1 heterocycles. The number of nitrogens with one attached hydrogen (secondary N) is 1. The maximum absolute atomic E-state index is 12.8. The van der Waals surface area contributed by atoms with Gasteiger partial charge in [-0.2, -0.15) is 13.2 Å². The van der Waals surface area contributed by atoms with E-state index in [0.717, 1.165) is 23.4 Å². The van der Waals surface area contributed by atoms with Gasteiger partial charge in [-0.25, -0.2) is 0 Å². The fraction of sp³-hybridized carbons (Fsp3) is 0.250. The minimum absolute atomic E-state index is 0.0548. The van der Waals surface area contributed by atoms with Crippen LogP contribution in [0.5, 0.6) is 5.75 Å². The zero-order valence-electron chi connectivity index (χ0n) is 16.2. The molecule has 3 aromatic rings. The molecular weight excluding hydrogens is 417 g/mol. The van der Waals surface area contributed by atoms with Crippen LogP contribution in [0.2, 0.25) is 0 Å². The number of nitrogens with zero attached hydrogens (tertiary/aromatic N) is 3. The van der Waals surface area contributed by atoms with Crippen molar-refractivity contribution < 1.29 is 22.7 Å². The third kappa shape index (κ3) is 5.53. The quantitative estimate of drug-likeness (QED) is 0.554. The van der Waals surface area contributed by atoms with Gasteiger partial charge in [-0.3, -0.25) is 4.79 Å². The number of rotatable bonds is 7. The third-order valence-corrected chi connectivity index (χ3v) is 5.23. The van der Waals surface area contributed by atoms with Crippen molar-refractivity contribution in [2.24, 2.45) is 7.05 Å². The number of halogens is 3. The van der Waals surface area contributed by atoms with Gasteiger partial charge < -0.3 is 14.6 Å². The van der Waals surface area contributed by atoms with Crippen LogP contribution in [-0.4, -0.2) is 26.4 Å². The number of hydrogen-bond donors (Lipinski definition) is 1. The number of aromatic nitrogens is 3. The molecule has 10 heteroatoms. The molecule has 0 fully saturated rings. The summed E-state index contributed by atoms with van der Waals surface area (Å²) in [5.41, 5.74) is 0.925. The summed E-state index contributed by atoms with van der Waals surface area (Å²) < 4.78 is 45.4. The highest BCUT2D eigenvalue weighted by molar-refractivity contribution is 7.99. The average Bonchev–Trinajstić information content (AvgIpc) is 3.06. The Morgan fingerprint density at radius 2 is 1.93 bits per heavy atom. The van der Waals surface area contributed by atoms with Crippen LogP contribution >= 0.6 is 11.8 Å². The van der Waals surface area contributed by atoms with Crippen LogP contribution in [0.15, 0.2) is 53.7 Å². The summed E-state index contributed by atoms with van der Waals surface area (Å²) in [4.78, 5) is 12.2. The highest BCUT2D eigenvalue weighted by Gasteiger charge is 2.30. The standard InChI is InChI=1S/C20H19F3N4O2S/c1-13-6-3-4-9-16(13)24-18(28)12-30-19-26-25-17(27(19)2)11-29-15-8-5-7-14(10-15)20(21,22)23/h3-10H,11-12H2,1-2H3,(H,24,28). The Morgan fingerprint density at radius 1 is 1.17 bits per heavy atom. The first kappa shape index (κ1) is 21.7. The molecule has 1 aromatic heterocycles. The van der Waals surface area contributed by atoms with Crippen LogP contribution in [0, 0.1) is 6.92 Å². The van der Waals surface area contributed by atoms with Crippen LogP contribution in [-0.2, 0) is 24.6 Å². The molecule has 0 aliphatic heterocycles. The molecule has 0 radical (unpaired) electrons. The summed E-state index contributed by atoms with van der Waals surface area (Å²) in [6, 6.07) is 12.1. The number of thioether (sulfide) groups is 1. The van der Waals surface area contributed by atoms with Crippen LogP contribution in [0.1, 0.15) is 17.0 Å². The number of alkyl halides is 3. The number of carbonyl (C=O) groups is 1. The molecule has 1 amide bonds. The number of hydrogen-bond acceptors (Lipinski definition) is 5. The van der Waals surface area contributed by atoms with Crippen molar-refractivity contribution in [2.75, 3.05) is 11.1 Å². The Labute approximate surface area is 175 Å². The molecule has 2 aromatic carbocycles. The zero-order chi connectivity index (χ0) is 21.7. The Bertz CT molecular complexity index is 1040. The average molecular weight is 436 g/mol. The number of aryl methyl sites for hydroxylation is 1. The first-order valence-corrected chi connectivity index (χ1v) is 9.89. The summed E-state index contributed by atoms with van der Waals surface area (Å²) in [6.07, 6.45) is -4.44. The Morgan fingerprint density at radius 3 is 2.67 bits per heavy atom. The van der Waals surface area contributed by atoms with Crippen LogP contribution in [0.4, 0.5) is 18.9 Å². The number of anilines is 1. The van der Waals surface area contributed by atoms with Gasteiger partial charge >= 0.3 is 6.18 Å². The van der Waals surface area contributed by atoms with E-state index in [2.05, 4.69) is 15.5 Å². The fourth-order valence-corrected chi connectivity index (χ4v) is 3.27. The highest BCUT2D eigenvalue weighted by Crippen LogP contribution is 2.31. The second kappa shape index (κ2) is 9.21. The lowest BCUT2D eigenvalue weighted by Crippen LogP contribution is -2.15. The van der Waals surface area contributed by atoms with Crippen LogP contribution < -0.4 is 10.1 Å². The van der Waals surface area contributed by atoms with Crippen molar-refractivity contribution >= 4 is 23.4 Å². The normalized spacial score (nSPS) is 11.4. The lowest BCUT2D eigenvalue weighted by molar-refractivity contribution is -0.137. The number of carbonyl (C=O) groups excluding carboxylic acids is 1. The van der Waals surface area contributed by atoms with E-state index in [1.165, 1.54) is 23.9 Å². The predicted molar refractivity (Wildman–Crippen MR) is 107 cm³/mol. The number of ether oxygens (including phenoxy) is 1. The molecule has 0 saturated heterocycles. The van der Waals surface area contributed by atoms with Crippen molar-refractivity contribution in [1.82, 2.24) is 14.8 Å². The lowest BCUT2D eigenvalue weighted by atomic mass is 10.2. The maximum atomic E-state index is 12.8. The molecule has 0 aliphatic carbocycles. The summed E-state index contributed by atoms with van der Waals surface area (Å²) in [5, 5.41) is 11.3. The van der Waals surface area contributed by atoms with Crippen LogP contribution in [0.25, 0.3) is 0 Å². The number of benzene rings is 2. The summed E-state index contributed by atoms with van der Waals surface area (Å²) >= 11 is 1.20. The molecule has 0 atom stereocenters. The minimum Gasteiger partial charge on any atom is -0.486 e. The molecule has 1 N–H and O–H groups in total. The number of para-hydroxylation sites is 1. The monoisotopic (exact) mass is 436 g/mol. The van der Waals surface area contributed by atoms with Gasteiger partial charge in [0.2, 0.25) is 5.91 Å². The largest absolute Gasteiger partial charge is 0.486 e. The van der Waals surface area contributed by atoms with Gasteiger partial charge in [0.05, 0.1) is 11.3 Å². The van der Waals surface area contributed by atoms with Gasteiger partial charge in [-0.1, -0.05) is 36.0 Å². The van der Waals surface area contributed by atoms with Crippen LogP contribution in [0.3, 0.4) is 0 Å². The molecule has 0 aliphatic rings. The van der Waals surface area contributed by atoms with Crippen molar-refractivity contribution in [3.05, 3.63) is 65.5 Å². The highest BCUT2D eigenvalue weighted by atomic mass is 32.2. The van der Waals surface area contributed by atoms with E-state index in [0.29, 0.717) is 11.0 Å². The number of amides is 1. The van der Waals surface area contributed by atoms with Crippen molar-refractivity contribution in [2.45, 2.75) is 24.9 Å². The SMILES string of the molecule is Cc1ccccc1NC(=O)CSc1nnc(COc2cccc(C(F)(F)F)c2)n1C. The van der Waals surface area contributed by atoms with E-state index in [1.54, 1.807) is 11.6 Å². The van der Waals surface area contributed by atoms with Gasteiger partial charge in [0.1, 0.15) is 12.4 Å². The van der Waals surface area contributed by atoms with E-state index in [1.807, 2.05) is 31.2 Å². The minimum atomic E-state index is -4.44. The van der Waals surface area contributed by atoms with E-state index in [4.69, 9.17) is 4.74 Å². The molecule has 0 saturated carbocycles. The Hall–Kier alpha value is -3.01.